The summed E-state index contributed by atoms with van der Waals surface area (Å²) in [6.07, 6.45) is 1.53. The number of carbonyl (C=O) groups is 4. The van der Waals surface area contributed by atoms with Gasteiger partial charge in [-0.25, -0.2) is 4.79 Å². The number of nitrogens with one attached hydrogen (secondary N) is 1. The summed E-state index contributed by atoms with van der Waals surface area (Å²) in [6.45, 7) is 1.01. The molecular weight excluding hydrogens is 432 g/mol. The number of urea groups is 1. The molecule has 1 N–H and O–H groups in total. The van der Waals surface area contributed by atoms with Crippen LogP contribution in [0.2, 0.25) is 0 Å². The van der Waals surface area contributed by atoms with Crippen molar-refractivity contribution in [3.05, 3.63) is 70.8 Å². The highest BCUT2D eigenvalue weighted by atomic mass is 16.2. The first-order valence-corrected chi connectivity index (χ1v) is 11.7. The summed E-state index contributed by atoms with van der Waals surface area (Å²) in [5, 5.41) is 2.66. The number of likely N-dealkylation sites (N-methyl/N-ethyl adjacent to an activating group) is 1. The molecule has 0 spiro atoms. The van der Waals surface area contributed by atoms with Crippen molar-refractivity contribution in [2.45, 2.75) is 50.9 Å². The summed E-state index contributed by atoms with van der Waals surface area (Å²) in [6, 6.07) is 14.4. The molecule has 3 aliphatic rings. The lowest BCUT2D eigenvalue weighted by atomic mass is 9.93. The molecule has 0 aliphatic carbocycles. The number of benzene rings is 2. The minimum Gasteiger partial charge on any atom is -0.357 e. The average molecular weight is 461 g/mol. The van der Waals surface area contributed by atoms with Crippen molar-refractivity contribution >= 4 is 23.8 Å². The SMILES string of the molecule is CNC(=O)[C@@H]1Cc2ccccc2CN1C(=O)CCCN1C(=O)[C@H]2Cc3ccccc3CN2C1=O. The molecule has 2 aromatic carbocycles. The normalized spacial score (nSPS) is 21.1. The highest BCUT2D eigenvalue weighted by Crippen LogP contribution is 2.30. The standard InChI is InChI=1S/C26H28N4O4/c1-27-24(32)21-13-17-7-2-4-9-19(17)15-29(21)23(31)11-6-12-28-25(33)22-14-18-8-3-5-10-20(18)16-30(22)26(28)34/h2-5,7-10,21-22H,6,11-16H2,1H3,(H,27,32)/t21-,22+/m0/s1. The molecule has 8 heteroatoms. The first kappa shape index (κ1) is 22.1. The Balaban J connectivity index is 1.23. The molecule has 0 radical (unpaired) electrons. The van der Waals surface area contributed by atoms with Crippen molar-refractivity contribution in [2.24, 2.45) is 0 Å². The summed E-state index contributed by atoms with van der Waals surface area (Å²) in [5.41, 5.74) is 4.29. The van der Waals surface area contributed by atoms with Gasteiger partial charge in [-0.15, -0.1) is 0 Å². The Kier molecular flexibility index (Phi) is 5.81. The maximum atomic E-state index is 13.1. The van der Waals surface area contributed by atoms with Gasteiger partial charge in [0.1, 0.15) is 12.1 Å². The van der Waals surface area contributed by atoms with Gasteiger partial charge < -0.3 is 15.1 Å². The number of fused-ring (bicyclic) bond motifs is 3. The largest absolute Gasteiger partial charge is 0.357 e. The summed E-state index contributed by atoms with van der Waals surface area (Å²) in [7, 11) is 1.57. The molecule has 5 rings (SSSR count). The van der Waals surface area contributed by atoms with Gasteiger partial charge in [0.15, 0.2) is 0 Å². The number of hydrogen-bond acceptors (Lipinski definition) is 4. The van der Waals surface area contributed by atoms with Crippen LogP contribution in [0.4, 0.5) is 4.79 Å². The Morgan fingerprint density at radius 2 is 1.53 bits per heavy atom. The lowest BCUT2D eigenvalue weighted by Crippen LogP contribution is -2.52. The second-order valence-corrected chi connectivity index (χ2v) is 9.12. The van der Waals surface area contributed by atoms with E-state index in [1.165, 1.54) is 4.90 Å². The van der Waals surface area contributed by atoms with E-state index in [1.54, 1.807) is 16.8 Å². The van der Waals surface area contributed by atoms with Gasteiger partial charge in [0.25, 0.3) is 5.91 Å². The van der Waals surface area contributed by atoms with E-state index in [0.717, 1.165) is 22.3 Å². The second-order valence-electron chi connectivity index (χ2n) is 9.12. The van der Waals surface area contributed by atoms with Crippen molar-refractivity contribution in [3.63, 3.8) is 0 Å². The molecule has 3 aliphatic heterocycles. The fourth-order valence-corrected chi connectivity index (χ4v) is 5.30. The fourth-order valence-electron chi connectivity index (χ4n) is 5.30. The molecule has 5 amide bonds. The molecule has 0 aromatic heterocycles. The van der Waals surface area contributed by atoms with Crippen LogP contribution in [0.3, 0.4) is 0 Å². The Hall–Kier alpha value is -3.68. The van der Waals surface area contributed by atoms with Crippen LogP contribution in [0.25, 0.3) is 0 Å². The van der Waals surface area contributed by atoms with Crippen molar-refractivity contribution in [1.29, 1.82) is 0 Å². The molecule has 3 heterocycles. The highest BCUT2D eigenvalue weighted by Gasteiger charge is 2.46. The molecule has 0 saturated carbocycles. The molecule has 2 atom stereocenters. The van der Waals surface area contributed by atoms with Gasteiger partial charge in [-0.05, 0) is 28.7 Å². The summed E-state index contributed by atoms with van der Waals surface area (Å²) >= 11 is 0. The first-order valence-electron chi connectivity index (χ1n) is 11.7. The van der Waals surface area contributed by atoms with E-state index in [2.05, 4.69) is 5.32 Å². The average Bonchev–Trinajstić information content (AvgIpc) is 3.10. The monoisotopic (exact) mass is 460 g/mol. The van der Waals surface area contributed by atoms with Gasteiger partial charge >= 0.3 is 6.03 Å². The highest BCUT2D eigenvalue weighted by molar-refractivity contribution is 6.04. The van der Waals surface area contributed by atoms with Crippen molar-refractivity contribution in [1.82, 2.24) is 20.0 Å². The molecular formula is C26H28N4O4. The van der Waals surface area contributed by atoms with Crippen LogP contribution in [-0.4, -0.2) is 64.1 Å². The lowest BCUT2D eigenvalue weighted by Gasteiger charge is -2.36. The molecule has 8 nitrogen and oxygen atoms in total. The van der Waals surface area contributed by atoms with Crippen LogP contribution in [-0.2, 0) is 40.3 Å². The summed E-state index contributed by atoms with van der Waals surface area (Å²) in [5.74, 6) is -0.529. The van der Waals surface area contributed by atoms with Crippen LogP contribution < -0.4 is 5.32 Å². The summed E-state index contributed by atoms with van der Waals surface area (Å²) < 4.78 is 0. The van der Waals surface area contributed by atoms with E-state index in [-0.39, 0.29) is 36.7 Å². The van der Waals surface area contributed by atoms with Crippen molar-refractivity contribution in [2.75, 3.05) is 13.6 Å². The zero-order valence-corrected chi connectivity index (χ0v) is 19.2. The zero-order valence-electron chi connectivity index (χ0n) is 19.2. The predicted molar refractivity (Wildman–Crippen MR) is 124 cm³/mol. The van der Waals surface area contributed by atoms with E-state index >= 15 is 0 Å². The fraction of sp³-hybridized carbons (Fsp3) is 0.385. The molecule has 1 fully saturated rings. The minimum absolute atomic E-state index is 0.146. The van der Waals surface area contributed by atoms with E-state index in [9.17, 15) is 19.2 Å². The van der Waals surface area contributed by atoms with E-state index < -0.39 is 12.1 Å². The van der Waals surface area contributed by atoms with Gasteiger partial charge in [-0.3, -0.25) is 19.3 Å². The Bertz CT molecular complexity index is 1120. The number of carbonyl (C=O) groups excluding carboxylic acids is 4. The van der Waals surface area contributed by atoms with Gasteiger partial charge in [0.05, 0.1) is 0 Å². The topological polar surface area (TPSA) is 90.0 Å². The van der Waals surface area contributed by atoms with Crippen molar-refractivity contribution in [3.8, 4) is 0 Å². The number of imide groups is 1. The Morgan fingerprint density at radius 3 is 2.21 bits per heavy atom. The van der Waals surface area contributed by atoms with E-state index in [4.69, 9.17) is 0 Å². The Morgan fingerprint density at radius 1 is 0.912 bits per heavy atom. The molecule has 0 bridgehead atoms. The summed E-state index contributed by atoms with van der Waals surface area (Å²) in [4.78, 5) is 56.1. The second kappa shape index (κ2) is 8.93. The molecule has 0 unspecified atom stereocenters. The third-order valence-corrected chi connectivity index (χ3v) is 7.17. The third kappa shape index (κ3) is 3.83. The van der Waals surface area contributed by atoms with Gasteiger partial charge in [-0.1, -0.05) is 48.5 Å². The predicted octanol–water partition coefficient (Wildman–Crippen LogP) is 1.86. The quantitative estimate of drug-likeness (QED) is 0.690. The number of nitrogens with zero attached hydrogens (tertiary/aromatic N) is 3. The lowest BCUT2D eigenvalue weighted by molar-refractivity contribution is -0.141. The van der Waals surface area contributed by atoms with E-state index in [1.807, 2.05) is 48.5 Å². The van der Waals surface area contributed by atoms with Crippen molar-refractivity contribution < 1.29 is 19.2 Å². The maximum Gasteiger partial charge on any atom is 0.327 e. The van der Waals surface area contributed by atoms with Gasteiger partial charge in [0.2, 0.25) is 11.8 Å². The molecule has 34 heavy (non-hydrogen) atoms. The van der Waals surface area contributed by atoms with Gasteiger partial charge in [-0.2, -0.15) is 0 Å². The van der Waals surface area contributed by atoms with Gasteiger partial charge in [0, 0.05) is 45.9 Å². The molecule has 1 saturated heterocycles. The van der Waals surface area contributed by atoms with E-state index in [0.29, 0.717) is 32.4 Å². The first-order chi connectivity index (χ1) is 16.5. The Labute approximate surface area is 198 Å². The number of hydrogen-bond donors (Lipinski definition) is 1. The minimum atomic E-state index is -0.560. The zero-order chi connectivity index (χ0) is 23.8. The van der Waals surface area contributed by atoms with Crippen LogP contribution in [0, 0.1) is 0 Å². The number of amides is 5. The van der Waals surface area contributed by atoms with Crippen LogP contribution in [0.1, 0.15) is 35.1 Å². The maximum absolute atomic E-state index is 13.1. The molecule has 2 aromatic rings. The third-order valence-electron chi connectivity index (χ3n) is 7.17. The van der Waals surface area contributed by atoms with Crippen LogP contribution in [0.5, 0.6) is 0 Å². The number of rotatable bonds is 5. The smallest absolute Gasteiger partial charge is 0.327 e. The van der Waals surface area contributed by atoms with Crippen LogP contribution >= 0.6 is 0 Å². The van der Waals surface area contributed by atoms with Crippen LogP contribution in [0.15, 0.2) is 48.5 Å². The molecule has 176 valence electrons.